The maximum Gasteiger partial charge on any atom is 0.311 e. The van der Waals surface area contributed by atoms with E-state index in [0.29, 0.717) is 6.42 Å². The summed E-state index contributed by atoms with van der Waals surface area (Å²) in [7, 11) is 0. The van der Waals surface area contributed by atoms with Gasteiger partial charge in [-0.15, -0.1) is 0 Å². The van der Waals surface area contributed by atoms with Crippen LogP contribution in [0.1, 0.15) is 41.0 Å². The summed E-state index contributed by atoms with van der Waals surface area (Å²) in [6.45, 7) is 9.37. The summed E-state index contributed by atoms with van der Waals surface area (Å²) in [6.07, 6.45) is 2.46. The highest BCUT2D eigenvalue weighted by atomic mass is 16.6. The first-order chi connectivity index (χ1) is 7.20. The molecule has 0 unspecified atom stereocenters. The van der Waals surface area contributed by atoms with Gasteiger partial charge in [-0.3, -0.25) is 4.79 Å². The zero-order valence-electron chi connectivity index (χ0n) is 10.6. The van der Waals surface area contributed by atoms with Gasteiger partial charge in [-0.25, -0.2) is 0 Å². The Morgan fingerprint density at radius 2 is 2.06 bits per heavy atom. The largest absolute Gasteiger partial charge is 0.460 e. The number of rotatable bonds is 2. The minimum Gasteiger partial charge on any atom is -0.460 e. The lowest BCUT2D eigenvalue weighted by Crippen LogP contribution is -2.26. The number of ether oxygens (including phenoxy) is 1. The smallest absolute Gasteiger partial charge is 0.311 e. The predicted octanol–water partition coefficient (Wildman–Crippen LogP) is 2.82. The Morgan fingerprint density at radius 1 is 1.50 bits per heavy atom. The fourth-order valence-electron chi connectivity index (χ4n) is 1.78. The second kappa shape index (κ2) is 3.93. The van der Waals surface area contributed by atoms with E-state index < -0.39 is 11.0 Å². The molecule has 88 valence electrons. The predicted molar refractivity (Wildman–Crippen MR) is 61.4 cm³/mol. The van der Waals surface area contributed by atoms with Crippen LogP contribution in [-0.4, -0.2) is 11.6 Å². The number of esters is 1. The monoisotopic (exact) mass is 221 g/mol. The lowest BCUT2D eigenvalue weighted by Gasteiger charge is -2.19. The molecule has 1 aliphatic rings. The Bertz CT molecular complexity index is 366. The lowest BCUT2D eigenvalue weighted by molar-refractivity contribution is -0.157. The number of carbonyl (C=O) groups excluding carboxylic acids is 1. The highest BCUT2D eigenvalue weighted by Crippen LogP contribution is 2.54. The van der Waals surface area contributed by atoms with Gasteiger partial charge in [-0.05, 0) is 41.0 Å². The molecule has 3 nitrogen and oxygen atoms in total. The Balaban J connectivity index is 2.72. The van der Waals surface area contributed by atoms with Gasteiger partial charge in [-0.1, -0.05) is 11.6 Å². The van der Waals surface area contributed by atoms with Gasteiger partial charge in [0.2, 0.25) is 0 Å². The van der Waals surface area contributed by atoms with E-state index in [9.17, 15) is 4.79 Å². The van der Waals surface area contributed by atoms with Crippen LogP contribution in [0.25, 0.3) is 0 Å². The average Bonchev–Trinajstić information content (AvgIpc) is 2.76. The van der Waals surface area contributed by atoms with Crippen LogP contribution in [0.3, 0.4) is 0 Å². The molecule has 3 heteroatoms. The molecule has 0 aromatic rings. The van der Waals surface area contributed by atoms with Gasteiger partial charge >= 0.3 is 5.97 Å². The summed E-state index contributed by atoms with van der Waals surface area (Å²) in [4.78, 5) is 11.8. The van der Waals surface area contributed by atoms with Crippen LogP contribution in [0, 0.1) is 22.7 Å². The van der Waals surface area contributed by atoms with Crippen LogP contribution in [0.2, 0.25) is 0 Å². The van der Waals surface area contributed by atoms with E-state index in [2.05, 4.69) is 6.07 Å². The summed E-state index contributed by atoms with van der Waals surface area (Å²) in [6, 6.07) is 2.22. The van der Waals surface area contributed by atoms with E-state index >= 15 is 0 Å². The van der Waals surface area contributed by atoms with E-state index in [1.165, 1.54) is 0 Å². The van der Waals surface area contributed by atoms with Crippen LogP contribution < -0.4 is 0 Å². The Hall–Kier alpha value is -1.30. The second-order valence-electron chi connectivity index (χ2n) is 5.66. The molecule has 1 rings (SSSR count). The van der Waals surface area contributed by atoms with Crippen molar-refractivity contribution >= 4 is 5.97 Å². The lowest BCUT2D eigenvalue weighted by atomic mass is 10.0. The first kappa shape index (κ1) is 12.8. The quantitative estimate of drug-likeness (QED) is 0.532. The normalized spacial score (nSPS) is 27.9. The van der Waals surface area contributed by atoms with E-state index in [1.54, 1.807) is 0 Å². The molecule has 2 atom stereocenters. The molecule has 0 aromatic heterocycles. The number of allylic oxidation sites excluding steroid dienone is 2. The minimum atomic E-state index is -0.610. The summed E-state index contributed by atoms with van der Waals surface area (Å²) in [5.41, 5.74) is -0.0277. The summed E-state index contributed by atoms with van der Waals surface area (Å²) >= 11 is 0. The molecule has 0 aromatic carbocycles. The van der Waals surface area contributed by atoms with Crippen molar-refractivity contribution in [3.8, 4) is 6.07 Å². The molecule has 0 N–H and O–H groups in total. The fraction of sp³-hybridized carbons (Fsp3) is 0.692. The van der Waals surface area contributed by atoms with Crippen molar-refractivity contribution in [2.75, 3.05) is 0 Å². The zero-order valence-corrected chi connectivity index (χ0v) is 10.6. The van der Waals surface area contributed by atoms with Crippen molar-refractivity contribution in [1.29, 1.82) is 5.26 Å². The van der Waals surface area contributed by atoms with Gasteiger partial charge in [0.25, 0.3) is 0 Å². The Labute approximate surface area is 97.1 Å². The van der Waals surface area contributed by atoms with Gasteiger partial charge < -0.3 is 4.74 Å². The highest BCUT2D eigenvalue weighted by Gasteiger charge is 2.59. The maximum atomic E-state index is 11.8. The van der Waals surface area contributed by atoms with Gasteiger partial charge in [0, 0.05) is 0 Å². The molecule has 1 aliphatic carbocycles. The van der Waals surface area contributed by atoms with Gasteiger partial charge in [0.1, 0.15) is 5.60 Å². The maximum absolute atomic E-state index is 11.8. The third-order valence-corrected chi connectivity index (χ3v) is 2.45. The third kappa shape index (κ3) is 2.85. The van der Waals surface area contributed by atoms with Crippen molar-refractivity contribution < 1.29 is 9.53 Å². The fourth-order valence-corrected chi connectivity index (χ4v) is 1.78. The molecular formula is C13H19NO2. The second-order valence-corrected chi connectivity index (χ2v) is 5.66. The van der Waals surface area contributed by atoms with E-state index in [-0.39, 0.29) is 11.9 Å². The van der Waals surface area contributed by atoms with Crippen LogP contribution in [0.4, 0.5) is 0 Å². The van der Waals surface area contributed by atoms with Crippen molar-refractivity contribution in [1.82, 2.24) is 0 Å². The molecule has 0 bridgehead atoms. The number of nitriles is 1. The van der Waals surface area contributed by atoms with Crippen molar-refractivity contribution in [2.24, 2.45) is 11.3 Å². The number of hydrogen-bond acceptors (Lipinski definition) is 3. The van der Waals surface area contributed by atoms with Crippen molar-refractivity contribution in [3.63, 3.8) is 0 Å². The van der Waals surface area contributed by atoms with E-state index in [1.807, 2.05) is 40.7 Å². The van der Waals surface area contributed by atoms with Gasteiger partial charge in [0.15, 0.2) is 0 Å². The average molecular weight is 221 g/mol. The molecule has 16 heavy (non-hydrogen) atoms. The topological polar surface area (TPSA) is 50.1 Å². The minimum absolute atomic E-state index is 0.258. The van der Waals surface area contributed by atoms with Crippen molar-refractivity contribution in [2.45, 2.75) is 46.6 Å². The van der Waals surface area contributed by atoms with Gasteiger partial charge in [-0.2, -0.15) is 5.26 Å². The van der Waals surface area contributed by atoms with Crippen LogP contribution in [0.5, 0.6) is 0 Å². The summed E-state index contributed by atoms with van der Waals surface area (Å²) in [5, 5.41) is 9.12. The molecule has 0 radical (unpaired) electrons. The standard InChI is InChI=1S/C13H19NO2/c1-9(2)6-13(8-14)7-10(13)11(15)16-12(3,4)5/h6,10H,7H2,1-5H3/t10-,13-/m0/s1. The molecule has 0 heterocycles. The summed E-state index contributed by atoms with van der Waals surface area (Å²) < 4.78 is 5.28. The Kier molecular flexibility index (Phi) is 3.14. The van der Waals surface area contributed by atoms with Crippen molar-refractivity contribution in [3.05, 3.63) is 11.6 Å². The molecule has 1 fully saturated rings. The number of nitrogens with zero attached hydrogens (tertiary/aromatic N) is 1. The van der Waals surface area contributed by atoms with Crippen LogP contribution in [0.15, 0.2) is 11.6 Å². The van der Waals surface area contributed by atoms with Gasteiger partial charge in [0.05, 0.1) is 17.4 Å². The zero-order chi connectivity index (χ0) is 12.6. The SMILES string of the molecule is CC(C)=C[C@@]1(C#N)C[C@H]1C(=O)OC(C)(C)C. The summed E-state index contributed by atoms with van der Waals surface area (Å²) in [5.74, 6) is -0.543. The Morgan fingerprint density at radius 3 is 2.44 bits per heavy atom. The van der Waals surface area contributed by atoms with E-state index in [4.69, 9.17) is 10.00 Å². The molecular weight excluding hydrogens is 202 g/mol. The molecule has 0 aliphatic heterocycles. The molecule has 0 saturated heterocycles. The molecule has 0 amide bonds. The first-order valence-corrected chi connectivity index (χ1v) is 5.50. The van der Waals surface area contributed by atoms with Crippen LogP contribution in [-0.2, 0) is 9.53 Å². The molecule has 1 saturated carbocycles. The molecule has 0 spiro atoms. The van der Waals surface area contributed by atoms with E-state index in [0.717, 1.165) is 5.57 Å². The third-order valence-electron chi connectivity index (χ3n) is 2.45. The van der Waals surface area contributed by atoms with Crippen LogP contribution >= 0.6 is 0 Å². The first-order valence-electron chi connectivity index (χ1n) is 5.50. The number of carbonyl (C=O) groups is 1. The number of hydrogen-bond donors (Lipinski definition) is 0. The highest BCUT2D eigenvalue weighted by molar-refractivity contribution is 5.79.